The van der Waals surface area contributed by atoms with Gasteiger partial charge in [-0.1, -0.05) is 18.2 Å². The highest BCUT2D eigenvalue weighted by Crippen LogP contribution is 2.23. The van der Waals surface area contributed by atoms with E-state index in [1.165, 1.54) is 6.07 Å². The Kier molecular flexibility index (Phi) is 3.58. The van der Waals surface area contributed by atoms with Crippen LogP contribution in [0.25, 0.3) is 0 Å². The second-order valence-corrected chi connectivity index (χ2v) is 4.03. The number of benzene rings is 2. The highest BCUT2D eigenvalue weighted by atomic mass is 19.2. The summed E-state index contributed by atoms with van der Waals surface area (Å²) >= 11 is 0. The molecule has 2 aromatic rings. The van der Waals surface area contributed by atoms with Crippen LogP contribution in [0.15, 0.2) is 42.5 Å². The van der Waals surface area contributed by atoms with Gasteiger partial charge in [0.1, 0.15) is 0 Å². The summed E-state index contributed by atoms with van der Waals surface area (Å²) in [6, 6.07) is 10.7. The first kappa shape index (κ1) is 12.5. The summed E-state index contributed by atoms with van der Waals surface area (Å²) < 4.78 is 26.0. The Morgan fingerprint density at radius 3 is 2.39 bits per heavy atom. The van der Waals surface area contributed by atoms with Crippen LogP contribution in [0.4, 0.5) is 14.5 Å². The van der Waals surface area contributed by atoms with Gasteiger partial charge in [-0.15, -0.1) is 0 Å². The van der Waals surface area contributed by atoms with Crippen LogP contribution in [0.2, 0.25) is 0 Å². The molecule has 0 radical (unpaired) electrons. The Balaban J connectivity index is 2.34. The van der Waals surface area contributed by atoms with E-state index in [2.05, 4.69) is 5.32 Å². The average molecular weight is 248 g/mol. The van der Waals surface area contributed by atoms with E-state index in [4.69, 9.17) is 5.73 Å². The van der Waals surface area contributed by atoms with Crippen molar-refractivity contribution in [2.45, 2.75) is 6.04 Å². The van der Waals surface area contributed by atoms with Crippen LogP contribution in [0.5, 0.6) is 0 Å². The van der Waals surface area contributed by atoms with Gasteiger partial charge in [-0.25, -0.2) is 8.78 Å². The number of nitrogens with one attached hydrogen (secondary N) is 1. The Labute approximate surface area is 104 Å². The SMILES string of the molecule is CNc1cccc(C(N)c2ccc(F)c(F)c2)c1. The summed E-state index contributed by atoms with van der Waals surface area (Å²) in [4.78, 5) is 0. The molecule has 0 aliphatic heterocycles. The Hall–Kier alpha value is -1.94. The molecule has 1 unspecified atom stereocenters. The normalized spacial score (nSPS) is 12.2. The first-order valence-corrected chi connectivity index (χ1v) is 5.60. The molecule has 0 bridgehead atoms. The monoisotopic (exact) mass is 248 g/mol. The van der Waals surface area contributed by atoms with Gasteiger partial charge in [-0.2, -0.15) is 0 Å². The standard InChI is InChI=1S/C14H14F2N2/c1-18-11-4-2-3-9(7-11)14(17)10-5-6-12(15)13(16)8-10/h2-8,14,18H,17H2,1H3. The number of anilines is 1. The van der Waals surface area contributed by atoms with Gasteiger partial charge in [-0.05, 0) is 35.4 Å². The van der Waals surface area contributed by atoms with Crippen molar-refractivity contribution in [2.75, 3.05) is 12.4 Å². The number of nitrogens with two attached hydrogens (primary N) is 1. The van der Waals surface area contributed by atoms with Gasteiger partial charge in [0.2, 0.25) is 0 Å². The lowest BCUT2D eigenvalue weighted by molar-refractivity contribution is 0.506. The predicted molar refractivity (Wildman–Crippen MR) is 68.4 cm³/mol. The minimum atomic E-state index is -0.882. The zero-order valence-electron chi connectivity index (χ0n) is 9.95. The maximum atomic E-state index is 13.2. The molecule has 2 nitrogen and oxygen atoms in total. The zero-order valence-corrected chi connectivity index (χ0v) is 9.95. The first-order chi connectivity index (χ1) is 8.61. The van der Waals surface area contributed by atoms with E-state index >= 15 is 0 Å². The van der Waals surface area contributed by atoms with Crippen LogP contribution >= 0.6 is 0 Å². The van der Waals surface area contributed by atoms with Crippen molar-refractivity contribution in [3.05, 3.63) is 65.2 Å². The van der Waals surface area contributed by atoms with Crippen molar-refractivity contribution in [2.24, 2.45) is 5.73 Å². The smallest absolute Gasteiger partial charge is 0.159 e. The van der Waals surface area contributed by atoms with Crippen LogP contribution in [0, 0.1) is 11.6 Å². The van der Waals surface area contributed by atoms with Gasteiger partial charge in [0.05, 0.1) is 6.04 Å². The molecule has 0 heterocycles. The van der Waals surface area contributed by atoms with E-state index in [9.17, 15) is 8.78 Å². The zero-order chi connectivity index (χ0) is 13.1. The third-order valence-corrected chi connectivity index (χ3v) is 2.84. The van der Waals surface area contributed by atoms with Crippen molar-refractivity contribution < 1.29 is 8.78 Å². The second-order valence-electron chi connectivity index (χ2n) is 4.03. The minimum absolute atomic E-state index is 0.478. The topological polar surface area (TPSA) is 38.0 Å². The van der Waals surface area contributed by atoms with Crippen LogP contribution in [-0.4, -0.2) is 7.05 Å². The first-order valence-electron chi connectivity index (χ1n) is 5.60. The number of hydrogen-bond donors (Lipinski definition) is 2. The van der Waals surface area contributed by atoms with Crippen molar-refractivity contribution in [1.29, 1.82) is 0 Å². The molecule has 0 spiro atoms. The summed E-state index contributed by atoms with van der Waals surface area (Å²) in [5.74, 6) is -1.75. The lowest BCUT2D eigenvalue weighted by Gasteiger charge is -2.14. The molecular formula is C14H14F2N2. The molecule has 1 atom stereocenters. The third kappa shape index (κ3) is 2.49. The number of rotatable bonds is 3. The molecule has 0 saturated heterocycles. The Bertz CT molecular complexity index is 555. The molecule has 0 aliphatic rings. The molecule has 0 fully saturated rings. The van der Waals surface area contributed by atoms with Crippen molar-refractivity contribution in [3.63, 3.8) is 0 Å². The molecule has 2 rings (SSSR count). The lowest BCUT2D eigenvalue weighted by Crippen LogP contribution is -2.12. The van der Waals surface area contributed by atoms with Crippen molar-refractivity contribution in [3.8, 4) is 0 Å². The fourth-order valence-corrected chi connectivity index (χ4v) is 1.79. The molecule has 0 aliphatic carbocycles. The summed E-state index contributed by atoms with van der Waals surface area (Å²) in [6.07, 6.45) is 0. The lowest BCUT2D eigenvalue weighted by atomic mass is 9.99. The van der Waals surface area contributed by atoms with Crippen molar-refractivity contribution >= 4 is 5.69 Å². The van der Waals surface area contributed by atoms with Crippen LogP contribution in [0.3, 0.4) is 0 Å². The number of hydrogen-bond acceptors (Lipinski definition) is 2. The fraction of sp³-hybridized carbons (Fsp3) is 0.143. The minimum Gasteiger partial charge on any atom is -0.388 e. The van der Waals surface area contributed by atoms with Crippen LogP contribution < -0.4 is 11.1 Å². The molecule has 0 saturated carbocycles. The molecule has 0 amide bonds. The van der Waals surface area contributed by atoms with E-state index in [1.807, 2.05) is 31.3 Å². The highest BCUT2D eigenvalue weighted by Gasteiger charge is 2.12. The molecule has 94 valence electrons. The number of halogens is 2. The second kappa shape index (κ2) is 5.14. The van der Waals surface area contributed by atoms with Gasteiger partial charge in [0.15, 0.2) is 11.6 Å². The highest BCUT2D eigenvalue weighted by molar-refractivity contribution is 5.47. The molecule has 3 N–H and O–H groups in total. The van der Waals surface area contributed by atoms with Gasteiger partial charge < -0.3 is 11.1 Å². The maximum Gasteiger partial charge on any atom is 0.159 e. The largest absolute Gasteiger partial charge is 0.388 e. The van der Waals surface area contributed by atoms with Gasteiger partial charge in [0.25, 0.3) is 0 Å². The third-order valence-electron chi connectivity index (χ3n) is 2.84. The summed E-state index contributed by atoms with van der Waals surface area (Å²) in [5.41, 5.74) is 8.35. The van der Waals surface area contributed by atoms with Crippen LogP contribution in [-0.2, 0) is 0 Å². The quantitative estimate of drug-likeness (QED) is 0.876. The molecule has 4 heteroatoms. The van der Waals surface area contributed by atoms with Gasteiger partial charge >= 0.3 is 0 Å². The van der Waals surface area contributed by atoms with E-state index in [1.54, 1.807) is 0 Å². The van der Waals surface area contributed by atoms with Gasteiger partial charge in [0, 0.05) is 12.7 Å². The van der Waals surface area contributed by atoms with Crippen LogP contribution in [0.1, 0.15) is 17.2 Å². The van der Waals surface area contributed by atoms with E-state index in [0.29, 0.717) is 5.56 Å². The fourth-order valence-electron chi connectivity index (χ4n) is 1.79. The predicted octanol–water partition coefficient (Wildman–Crippen LogP) is 3.05. The van der Waals surface area contributed by atoms with E-state index < -0.39 is 17.7 Å². The Morgan fingerprint density at radius 1 is 1.00 bits per heavy atom. The van der Waals surface area contributed by atoms with E-state index in [0.717, 1.165) is 23.4 Å². The maximum absolute atomic E-state index is 13.2. The van der Waals surface area contributed by atoms with E-state index in [-0.39, 0.29) is 0 Å². The Morgan fingerprint density at radius 2 is 1.72 bits per heavy atom. The van der Waals surface area contributed by atoms with Gasteiger partial charge in [-0.3, -0.25) is 0 Å². The average Bonchev–Trinajstić information content (AvgIpc) is 2.41. The summed E-state index contributed by atoms with van der Waals surface area (Å²) in [5, 5.41) is 3.00. The van der Waals surface area contributed by atoms with Crippen molar-refractivity contribution in [1.82, 2.24) is 0 Å². The molecule has 2 aromatic carbocycles. The summed E-state index contributed by atoms with van der Waals surface area (Å²) in [6.45, 7) is 0. The molecular weight excluding hydrogens is 234 g/mol. The molecule has 0 aromatic heterocycles. The molecule has 18 heavy (non-hydrogen) atoms. The summed E-state index contributed by atoms with van der Waals surface area (Å²) in [7, 11) is 1.81.